The molecule has 2 aromatic rings. The summed E-state index contributed by atoms with van der Waals surface area (Å²) in [6.45, 7) is 2.25. The van der Waals surface area contributed by atoms with Gasteiger partial charge in [-0.05, 0) is 43.5 Å². The van der Waals surface area contributed by atoms with Gasteiger partial charge in [-0.2, -0.15) is 9.57 Å². The minimum absolute atomic E-state index is 0.0723. The summed E-state index contributed by atoms with van der Waals surface area (Å²) in [5, 5.41) is 20.2. The van der Waals surface area contributed by atoms with Crippen LogP contribution in [0.15, 0.2) is 40.6 Å². The van der Waals surface area contributed by atoms with E-state index in [0.29, 0.717) is 4.31 Å². The zero-order valence-corrected chi connectivity index (χ0v) is 15.5. The van der Waals surface area contributed by atoms with Crippen molar-refractivity contribution in [3.05, 3.63) is 46.8 Å². The molecule has 0 saturated heterocycles. The highest BCUT2D eigenvalue weighted by molar-refractivity contribution is 7.93. The Labute approximate surface area is 154 Å². The number of primary amides is 1. The summed E-state index contributed by atoms with van der Waals surface area (Å²) < 4.78 is 26.6. The van der Waals surface area contributed by atoms with E-state index < -0.39 is 27.4 Å². The number of carbonyl (C=O) groups excluding carboxylic acids is 2. The average Bonchev–Trinajstić information content (AvgIpc) is 3.03. The second-order valence-corrected chi connectivity index (χ2v) is 8.46. The standard InChI is InChI=1S/C16H15N3O5S2/c1-16(2,22)15(21)19(14-12(13(18)20)6-7-25-14)26(23,24)11-5-3-4-10(8-11)9-17/h3-8,22H,1-2H3,(H2,18,20). The predicted molar refractivity (Wildman–Crippen MR) is 95.0 cm³/mol. The van der Waals surface area contributed by atoms with Gasteiger partial charge in [0.25, 0.3) is 21.8 Å². The lowest BCUT2D eigenvalue weighted by molar-refractivity contribution is -0.132. The van der Waals surface area contributed by atoms with Crippen LogP contribution in [0.1, 0.15) is 29.8 Å². The Morgan fingerprint density at radius 2 is 1.96 bits per heavy atom. The molecule has 1 aromatic carbocycles. The number of amides is 2. The third-order valence-electron chi connectivity index (χ3n) is 3.30. The number of hydrogen-bond donors (Lipinski definition) is 2. The number of aliphatic hydroxyl groups is 1. The lowest BCUT2D eigenvalue weighted by atomic mass is 10.1. The van der Waals surface area contributed by atoms with Crippen LogP contribution in [0.25, 0.3) is 0 Å². The lowest BCUT2D eigenvalue weighted by Crippen LogP contribution is -2.48. The Hall–Kier alpha value is -2.74. The SMILES string of the molecule is CC(C)(O)C(=O)N(c1sccc1C(N)=O)S(=O)(=O)c1cccc(C#N)c1. The van der Waals surface area contributed by atoms with Crippen LogP contribution in [-0.2, 0) is 14.8 Å². The molecule has 0 aliphatic rings. The molecular formula is C16H15N3O5S2. The van der Waals surface area contributed by atoms with Crippen molar-refractivity contribution >= 4 is 38.2 Å². The molecule has 0 unspecified atom stereocenters. The van der Waals surface area contributed by atoms with Crippen LogP contribution in [0.3, 0.4) is 0 Å². The van der Waals surface area contributed by atoms with Crippen molar-refractivity contribution in [1.29, 1.82) is 5.26 Å². The molecule has 0 saturated carbocycles. The third-order valence-corrected chi connectivity index (χ3v) is 6.00. The molecule has 26 heavy (non-hydrogen) atoms. The first-order valence-corrected chi connectivity index (χ1v) is 9.51. The highest BCUT2D eigenvalue weighted by Gasteiger charge is 2.41. The van der Waals surface area contributed by atoms with Gasteiger partial charge in [0, 0.05) is 0 Å². The molecule has 2 amide bonds. The van der Waals surface area contributed by atoms with Gasteiger partial charge in [0.05, 0.1) is 22.1 Å². The number of nitrogens with two attached hydrogens (primary N) is 1. The molecular weight excluding hydrogens is 378 g/mol. The van der Waals surface area contributed by atoms with E-state index in [1.54, 1.807) is 0 Å². The van der Waals surface area contributed by atoms with E-state index in [9.17, 15) is 23.1 Å². The summed E-state index contributed by atoms with van der Waals surface area (Å²) in [7, 11) is -4.52. The summed E-state index contributed by atoms with van der Waals surface area (Å²) in [6.07, 6.45) is 0. The molecule has 0 atom stereocenters. The van der Waals surface area contributed by atoms with E-state index in [0.717, 1.165) is 31.3 Å². The Morgan fingerprint density at radius 3 is 2.50 bits per heavy atom. The molecule has 8 nitrogen and oxygen atoms in total. The highest BCUT2D eigenvalue weighted by Crippen LogP contribution is 2.34. The van der Waals surface area contributed by atoms with Crippen molar-refractivity contribution in [1.82, 2.24) is 0 Å². The van der Waals surface area contributed by atoms with Crippen molar-refractivity contribution in [3.8, 4) is 6.07 Å². The number of benzene rings is 1. The molecule has 0 fully saturated rings. The molecule has 1 heterocycles. The van der Waals surface area contributed by atoms with E-state index in [-0.39, 0.29) is 21.0 Å². The van der Waals surface area contributed by atoms with Gasteiger partial charge >= 0.3 is 0 Å². The lowest BCUT2D eigenvalue weighted by Gasteiger charge is -2.27. The van der Waals surface area contributed by atoms with Crippen molar-refractivity contribution in [3.63, 3.8) is 0 Å². The summed E-state index contributed by atoms with van der Waals surface area (Å²) >= 11 is 0.811. The fourth-order valence-corrected chi connectivity index (χ4v) is 4.76. The zero-order valence-electron chi connectivity index (χ0n) is 13.8. The van der Waals surface area contributed by atoms with Crippen LogP contribution >= 0.6 is 11.3 Å². The van der Waals surface area contributed by atoms with Gasteiger partial charge < -0.3 is 10.8 Å². The van der Waals surface area contributed by atoms with Gasteiger partial charge in [0.2, 0.25) is 0 Å². The minimum atomic E-state index is -4.52. The van der Waals surface area contributed by atoms with Crippen LogP contribution in [0.2, 0.25) is 0 Å². The largest absolute Gasteiger partial charge is 0.381 e. The Kier molecular flexibility index (Phi) is 5.18. The van der Waals surface area contributed by atoms with E-state index in [2.05, 4.69) is 0 Å². The van der Waals surface area contributed by atoms with Crippen LogP contribution in [0.4, 0.5) is 5.00 Å². The zero-order chi connectivity index (χ0) is 19.7. The molecule has 0 spiro atoms. The fraction of sp³-hybridized carbons (Fsp3) is 0.188. The van der Waals surface area contributed by atoms with Crippen molar-refractivity contribution in [2.45, 2.75) is 24.3 Å². The van der Waals surface area contributed by atoms with Gasteiger partial charge in [-0.3, -0.25) is 9.59 Å². The first-order chi connectivity index (χ1) is 12.0. The van der Waals surface area contributed by atoms with E-state index in [1.165, 1.54) is 29.6 Å². The molecule has 0 bridgehead atoms. The van der Waals surface area contributed by atoms with E-state index in [4.69, 9.17) is 11.0 Å². The van der Waals surface area contributed by atoms with Gasteiger partial charge in [-0.1, -0.05) is 6.07 Å². The van der Waals surface area contributed by atoms with E-state index in [1.807, 2.05) is 6.07 Å². The van der Waals surface area contributed by atoms with Crippen LogP contribution in [-0.4, -0.2) is 30.9 Å². The minimum Gasteiger partial charge on any atom is -0.381 e. The number of hydrogen-bond acceptors (Lipinski definition) is 7. The van der Waals surface area contributed by atoms with Gasteiger partial charge in [-0.15, -0.1) is 11.3 Å². The number of anilines is 1. The topological polar surface area (TPSA) is 142 Å². The molecule has 0 radical (unpaired) electrons. The Morgan fingerprint density at radius 1 is 1.31 bits per heavy atom. The summed E-state index contributed by atoms with van der Waals surface area (Å²) in [5.74, 6) is -2.08. The number of thiophene rings is 1. The third kappa shape index (κ3) is 3.60. The van der Waals surface area contributed by atoms with E-state index >= 15 is 0 Å². The van der Waals surface area contributed by atoms with Crippen molar-refractivity contribution < 1.29 is 23.1 Å². The number of sulfonamides is 1. The summed E-state index contributed by atoms with van der Waals surface area (Å²) in [6, 6.07) is 8.15. The number of nitrogens with zero attached hydrogens (tertiary/aromatic N) is 2. The van der Waals surface area contributed by atoms with Crippen molar-refractivity contribution in [2.75, 3.05) is 4.31 Å². The summed E-state index contributed by atoms with van der Waals surface area (Å²) in [5.41, 5.74) is 3.12. The van der Waals surface area contributed by atoms with Crippen molar-refractivity contribution in [2.24, 2.45) is 5.73 Å². The van der Waals surface area contributed by atoms with Gasteiger partial charge in [0.1, 0.15) is 10.6 Å². The van der Waals surface area contributed by atoms with Gasteiger partial charge in [-0.25, -0.2) is 8.42 Å². The number of nitriles is 1. The maximum absolute atomic E-state index is 13.1. The predicted octanol–water partition coefficient (Wildman–Crippen LogP) is 1.21. The van der Waals surface area contributed by atoms with Gasteiger partial charge in [0.15, 0.2) is 0 Å². The second kappa shape index (κ2) is 6.87. The summed E-state index contributed by atoms with van der Waals surface area (Å²) in [4.78, 5) is 24.0. The molecule has 1 aromatic heterocycles. The molecule has 0 aliphatic heterocycles. The molecule has 10 heteroatoms. The normalized spacial score (nSPS) is 11.6. The number of carbonyl (C=O) groups is 2. The molecule has 0 aliphatic carbocycles. The monoisotopic (exact) mass is 393 g/mol. The maximum atomic E-state index is 13.1. The second-order valence-electron chi connectivity index (χ2n) is 5.78. The highest BCUT2D eigenvalue weighted by atomic mass is 32.2. The van der Waals surface area contributed by atoms with Crippen LogP contribution < -0.4 is 10.0 Å². The fourth-order valence-electron chi connectivity index (χ4n) is 2.04. The first kappa shape index (κ1) is 19.6. The molecule has 3 N–H and O–H groups in total. The first-order valence-electron chi connectivity index (χ1n) is 7.19. The Balaban J connectivity index is 2.75. The molecule has 136 valence electrons. The smallest absolute Gasteiger partial charge is 0.273 e. The van der Waals surface area contributed by atoms with Crippen LogP contribution in [0, 0.1) is 11.3 Å². The average molecular weight is 393 g/mol. The number of rotatable bonds is 5. The maximum Gasteiger partial charge on any atom is 0.273 e. The van der Waals surface area contributed by atoms with Crippen LogP contribution in [0.5, 0.6) is 0 Å². The quantitative estimate of drug-likeness (QED) is 0.782. The Bertz CT molecular complexity index is 1010. The molecule has 2 rings (SSSR count).